The predicted molar refractivity (Wildman–Crippen MR) is 75.6 cm³/mol. The Hall–Kier alpha value is -1.12. The smallest absolute Gasteiger partial charge is 0.134 e. The fourth-order valence-electron chi connectivity index (χ4n) is 2.84. The lowest BCUT2D eigenvalue weighted by Crippen LogP contribution is -2.12. The van der Waals surface area contributed by atoms with Gasteiger partial charge in [0.05, 0.1) is 0 Å². The molecule has 0 bridgehead atoms. The minimum Gasteiger partial charge on any atom is -0.383 e. The summed E-state index contributed by atoms with van der Waals surface area (Å²) in [5.41, 5.74) is 8.21. The van der Waals surface area contributed by atoms with Crippen LogP contribution in [0.4, 0.5) is 5.82 Å². The average Bonchev–Trinajstić information content (AvgIpc) is 2.32. The monoisotopic (exact) mass is 247 g/mol. The van der Waals surface area contributed by atoms with Crippen LogP contribution < -0.4 is 5.73 Å². The summed E-state index contributed by atoms with van der Waals surface area (Å²) in [5, 5.41) is 0. The first-order valence-electron chi connectivity index (χ1n) is 7.35. The number of nitrogen functional groups attached to an aromatic ring is 1. The molecule has 1 fully saturated rings. The number of nitrogens with zero attached hydrogens (tertiary/aromatic N) is 2. The van der Waals surface area contributed by atoms with Gasteiger partial charge < -0.3 is 5.73 Å². The van der Waals surface area contributed by atoms with E-state index >= 15 is 0 Å². The molecule has 1 heterocycles. The van der Waals surface area contributed by atoms with Crippen LogP contribution in [-0.4, -0.2) is 9.97 Å². The van der Waals surface area contributed by atoms with E-state index in [0.717, 1.165) is 23.5 Å². The van der Waals surface area contributed by atoms with E-state index in [9.17, 15) is 0 Å². The molecular weight excluding hydrogens is 222 g/mol. The Morgan fingerprint density at radius 1 is 1.06 bits per heavy atom. The predicted octanol–water partition coefficient (Wildman–Crippen LogP) is 3.76. The van der Waals surface area contributed by atoms with Crippen LogP contribution in [0.5, 0.6) is 0 Å². The molecule has 0 amide bonds. The van der Waals surface area contributed by atoms with Gasteiger partial charge in [-0.1, -0.05) is 39.0 Å². The van der Waals surface area contributed by atoms with Crippen LogP contribution in [0, 0.1) is 6.92 Å². The molecule has 1 aromatic rings. The third kappa shape index (κ3) is 3.01. The summed E-state index contributed by atoms with van der Waals surface area (Å²) < 4.78 is 0. The molecule has 1 aliphatic rings. The van der Waals surface area contributed by atoms with Crippen LogP contribution in [0.25, 0.3) is 0 Å². The Balaban J connectivity index is 2.22. The van der Waals surface area contributed by atoms with Crippen LogP contribution in [0.3, 0.4) is 0 Å². The Morgan fingerprint density at radius 2 is 1.67 bits per heavy atom. The normalized spacial score (nSPS) is 18.3. The molecule has 1 aliphatic carbocycles. The highest BCUT2D eigenvalue weighted by Crippen LogP contribution is 2.30. The van der Waals surface area contributed by atoms with Gasteiger partial charge in [-0.2, -0.15) is 0 Å². The Bertz CT molecular complexity index is 393. The van der Waals surface area contributed by atoms with Crippen molar-refractivity contribution in [2.45, 2.75) is 71.1 Å². The van der Waals surface area contributed by atoms with Crippen molar-refractivity contribution in [2.24, 2.45) is 0 Å². The molecular formula is C15H25N3. The van der Waals surface area contributed by atoms with Crippen LogP contribution in [0.1, 0.15) is 74.9 Å². The highest BCUT2D eigenvalue weighted by molar-refractivity contribution is 5.41. The van der Waals surface area contributed by atoms with Gasteiger partial charge in [-0.15, -0.1) is 0 Å². The Morgan fingerprint density at radius 3 is 2.28 bits per heavy atom. The van der Waals surface area contributed by atoms with Crippen molar-refractivity contribution < 1.29 is 0 Å². The highest BCUT2D eigenvalue weighted by Gasteiger charge is 2.18. The van der Waals surface area contributed by atoms with Gasteiger partial charge in [-0.3, -0.25) is 0 Å². The van der Waals surface area contributed by atoms with Crippen molar-refractivity contribution in [3.63, 3.8) is 0 Å². The lowest BCUT2D eigenvalue weighted by molar-refractivity contribution is 0.441. The molecule has 0 aliphatic heterocycles. The average molecular weight is 247 g/mol. The fraction of sp³-hybridized carbons (Fsp3) is 0.733. The summed E-state index contributed by atoms with van der Waals surface area (Å²) in [7, 11) is 0. The first kappa shape index (κ1) is 13.3. The summed E-state index contributed by atoms with van der Waals surface area (Å²) >= 11 is 0. The number of rotatable bonds is 2. The summed E-state index contributed by atoms with van der Waals surface area (Å²) in [4.78, 5) is 9.30. The summed E-state index contributed by atoms with van der Waals surface area (Å²) in [6.45, 7) is 4.16. The molecule has 1 aromatic heterocycles. The van der Waals surface area contributed by atoms with Gasteiger partial charge in [0, 0.05) is 17.2 Å². The van der Waals surface area contributed by atoms with E-state index in [1.54, 1.807) is 0 Å². The van der Waals surface area contributed by atoms with Gasteiger partial charge in [0.1, 0.15) is 11.6 Å². The van der Waals surface area contributed by atoms with Gasteiger partial charge in [0.15, 0.2) is 0 Å². The molecule has 3 nitrogen and oxygen atoms in total. The zero-order valence-electron chi connectivity index (χ0n) is 11.7. The largest absolute Gasteiger partial charge is 0.383 e. The topological polar surface area (TPSA) is 51.8 Å². The van der Waals surface area contributed by atoms with Crippen LogP contribution in [0.15, 0.2) is 0 Å². The Kier molecular flexibility index (Phi) is 4.56. The SMILES string of the molecule is CCc1nc(C2CCCCCCC2)nc(N)c1C. The van der Waals surface area contributed by atoms with E-state index in [-0.39, 0.29) is 0 Å². The second kappa shape index (κ2) is 6.17. The summed E-state index contributed by atoms with van der Waals surface area (Å²) in [5.74, 6) is 2.20. The minimum atomic E-state index is 0.526. The molecule has 2 N–H and O–H groups in total. The van der Waals surface area contributed by atoms with Gasteiger partial charge in [0.25, 0.3) is 0 Å². The molecule has 18 heavy (non-hydrogen) atoms. The number of anilines is 1. The van der Waals surface area contributed by atoms with Crippen LogP contribution >= 0.6 is 0 Å². The van der Waals surface area contributed by atoms with Gasteiger partial charge in [-0.05, 0) is 26.2 Å². The molecule has 2 rings (SSSR count). The lowest BCUT2D eigenvalue weighted by atomic mass is 9.90. The maximum atomic E-state index is 6.02. The zero-order chi connectivity index (χ0) is 13.0. The van der Waals surface area contributed by atoms with Crippen molar-refractivity contribution in [3.05, 3.63) is 17.1 Å². The molecule has 0 radical (unpaired) electrons. The molecule has 1 saturated carbocycles. The number of aryl methyl sites for hydroxylation is 1. The van der Waals surface area contributed by atoms with Gasteiger partial charge in [0.2, 0.25) is 0 Å². The number of nitrogens with two attached hydrogens (primary N) is 1. The maximum Gasteiger partial charge on any atom is 0.134 e. The molecule has 0 spiro atoms. The van der Waals surface area contributed by atoms with Crippen LogP contribution in [0.2, 0.25) is 0 Å². The maximum absolute atomic E-state index is 6.02. The number of aromatic nitrogens is 2. The second-order valence-corrected chi connectivity index (χ2v) is 5.43. The van der Waals surface area contributed by atoms with Crippen LogP contribution in [-0.2, 0) is 6.42 Å². The van der Waals surface area contributed by atoms with E-state index in [1.807, 2.05) is 6.92 Å². The van der Waals surface area contributed by atoms with E-state index < -0.39 is 0 Å². The molecule has 0 saturated heterocycles. The molecule has 0 unspecified atom stereocenters. The zero-order valence-corrected chi connectivity index (χ0v) is 11.7. The van der Waals surface area contributed by atoms with E-state index in [0.29, 0.717) is 11.7 Å². The minimum absolute atomic E-state index is 0.526. The summed E-state index contributed by atoms with van der Waals surface area (Å²) in [6, 6.07) is 0. The molecule has 100 valence electrons. The molecule has 0 atom stereocenters. The lowest BCUT2D eigenvalue weighted by Gasteiger charge is -2.20. The van der Waals surface area contributed by atoms with Crippen molar-refractivity contribution >= 4 is 5.82 Å². The fourth-order valence-corrected chi connectivity index (χ4v) is 2.84. The first-order valence-corrected chi connectivity index (χ1v) is 7.35. The first-order chi connectivity index (χ1) is 8.72. The second-order valence-electron chi connectivity index (χ2n) is 5.43. The quantitative estimate of drug-likeness (QED) is 0.865. The van der Waals surface area contributed by atoms with Gasteiger partial charge >= 0.3 is 0 Å². The van der Waals surface area contributed by atoms with Crippen molar-refractivity contribution in [1.82, 2.24) is 9.97 Å². The summed E-state index contributed by atoms with van der Waals surface area (Å²) in [6.07, 6.45) is 10.1. The highest BCUT2D eigenvalue weighted by atomic mass is 15.0. The van der Waals surface area contributed by atoms with E-state index in [2.05, 4.69) is 11.9 Å². The van der Waals surface area contributed by atoms with Crippen molar-refractivity contribution in [2.75, 3.05) is 5.73 Å². The molecule has 3 heteroatoms. The third-order valence-corrected chi connectivity index (χ3v) is 4.11. The van der Waals surface area contributed by atoms with E-state index in [4.69, 9.17) is 10.7 Å². The van der Waals surface area contributed by atoms with Crippen molar-refractivity contribution in [1.29, 1.82) is 0 Å². The standard InChI is InChI=1S/C15H25N3/c1-3-13-11(2)14(16)18-15(17-13)12-9-7-5-4-6-8-10-12/h12H,3-10H2,1-2H3,(H2,16,17,18). The van der Waals surface area contributed by atoms with E-state index in [1.165, 1.54) is 44.9 Å². The van der Waals surface area contributed by atoms with Gasteiger partial charge in [-0.25, -0.2) is 9.97 Å². The van der Waals surface area contributed by atoms with Crippen molar-refractivity contribution in [3.8, 4) is 0 Å². The molecule has 0 aromatic carbocycles. The number of hydrogen-bond acceptors (Lipinski definition) is 3. The number of hydrogen-bond donors (Lipinski definition) is 1. The third-order valence-electron chi connectivity index (χ3n) is 4.11. The Labute approximate surface area is 110 Å².